The van der Waals surface area contributed by atoms with E-state index >= 15 is 0 Å². The quantitative estimate of drug-likeness (QED) is 0.887. The number of halogens is 1. The van der Waals surface area contributed by atoms with Crippen LogP contribution in [-0.2, 0) is 24.1 Å². The molecule has 1 atom stereocenters. The molecule has 0 saturated heterocycles. The number of nitrogens with one attached hydrogen (secondary N) is 1. The summed E-state index contributed by atoms with van der Waals surface area (Å²) in [5.41, 5.74) is 2.86. The van der Waals surface area contributed by atoms with Crippen molar-refractivity contribution in [3.8, 4) is 5.75 Å². The number of rotatable bonds is 4. The summed E-state index contributed by atoms with van der Waals surface area (Å²) in [6.07, 6.45) is 2.56. The van der Waals surface area contributed by atoms with Gasteiger partial charge in [0.15, 0.2) is 11.6 Å². The van der Waals surface area contributed by atoms with Gasteiger partial charge in [0.1, 0.15) is 5.60 Å². The number of benzene rings is 1. The van der Waals surface area contributed by atoms with E-state index in [2.05, 4.69) is 9.88 Å². The molecule has 5 nitrogen and oxygen atoms in total. The smallest absolute Gasteiger partial charge is 0.407 e. The average Bonchev–Trinajstić information content (AvgIpc) is 3.08. The van der Waals surface area contributed by atoms with Crippen LogP contribution < -0.4 is 10.1 Å². The number of aromatic nitrogens is 1. The number of nitrogens with zero attached hydrogens (tertiary/aromatic N) is 1. The fraction of sp³-hybridized carbons (Fsp3) is 0.550. The third-order valence-corrected chi connectivity index (χ3v) is 4.62. The number of ether oxygens (including phenoxy) is 2. The van der Waals surface area contributed by atoms with E-state index < -0.39 is 11.7 Å². The van der Waals surface area contributed by atoms with Crippen molar-refractivity contribution >= 4 is 17.0 Å². The molecular weight excluding hydrogens is 335 g/mol. The standard InChI is InChI=1S/C20H27FN2O3/c1-12(22-19(24)26-20(2,3)4)11-23-16-8-6-7-13(16)14-9-15(21)18(25-5)10-17(14)23/h9-10,12H,6-8,11H2,1-5H3,(H,22,24)/t12-/m1/s1. The number of fused-ring (bicyclic) bond motifs is 3. The minimum absolute atomic E-state index is 0.124. The van der Waals surface area contributed by atoms with Gasteiger partial charge in [-0.25, -0.2) is 9.18 Å². The number of hydrogen-bond acceptors (Lipinski definition) is 3. The molecule has 0 unspecified atom stereocenters. The number of aryl methyl sites for hydroxylation is 1. The van der Waals surface area contributed by atoms with Gasteiger partial charge in [-0.05, 0) is 58.6 Å². The number of amides is 1. The molecule has 0 fully saturated rings. The van der Waals surface area contributed by atoms with Gasteiger partial charge < -0.3 is 19.4 Å². The maximum Gasteiger partial charge on any atom is 0.407 e. The summed E-state index contributed by atoms with van der Waals surface area (Å²) in [4.78, 5) is 12.0. The lowest BCUT2D eigenvalue weighted by Crippen LogP contribution is -2.39. The van der Waals surface area contributed by atoms with Crippen LogP contribution in [0.15, 0.2) is 12.1 Å². The fourth-order valence-corrected chi connectivity index (χ4v) is 3.66. The lowest BCUT2D eigenvalue weighted by Gasteiger charge is -2.23. The third-order valence-electron chi connectivity index (χ3n) is 4.62. The summed E-state index contributed by atoms with van der Waals surface area (Å²) >= 11 is 0. The van der Waals surface area contributed by atoms with Gasteiger partial charge in [-0.2, -0.15) is 0 Å². The van der Waals surface area contributed by atoms with Crippen LogP contribution in [0.1, 0.15) is 45.4 Å². The SMILES string of the molecule is COc1cc2c(cc1F)c1c(n2C[C@@H](C)NC(=O)OC(C)(C)C)CCC1. The van der Waals surface area contributed by atoms with Gasteiger partial charge >= 0.3 is 6.09 Å². The van der Waals surface area contributed by atoms with Crippen molar-refractivity contribution in [2.24, 2.45) is 0 Å². The van der Waals surface area contributed by atoms with Gasteiger partial charge in [0.05, 0.1) is 12.6 Å². The molecule has 3 rings (SSSR count). The molecule has 26 heavy (non-hydrogen) atoms. The van der Waals surface area contributed by atoms with Crippen molar-refractivity contribution in [2.75, 3.05) is 7.11 Å². The molecule has 1 heterocycles. The summed E-state index contributed by atoms with van der Waals surface area (Å²) < 4.78 is 26.9. The van der Waals surface area contributed by atoms with Crippen LogP contribution in [-0.4, -0.2) is 29.4 Å². The molecule has 0 saturated carbocycles. The number of carbonyl (C=O) groups excluding carboxylic acids is 1. The molecule has 1 aromatic heterocycles. The molecule has 1 amide bonds. The van der Waals surface area contributed by atoms with Crippen molar-refractivity contribution in [2.45, 2.75) is 65.1 Å². The van der Waals surface area contributed by atoms with E-state index in [1.807, 2.05) is 27.7 Å². The Bertz CT molecular complexity index is 836. The van der Waals surface area contributed by atoms with Crippen LogP contribution in [0.2, 0.25) is 0 Å². The maximum atomic E-state index is 14.2. The second-order valence-corrected chi connectivity index (χ2v) is 7.94. The molecule has 6 heteroatoms. The van der Waals surface area contributed by atoms with Crippen LogP contribution in [0.5, 0.6) is 5.75 Å². The lowest BCUT2D eigenvalue weighted by atomic mass is 10.1. The molecule has 0 bridgehead atoms. The second-order valence-electron chi connectivity index (χ2n) is 7.94. The van der Waals surface area contributed by atoms with Gasteiger partial charge in [0, 0.05) is 29.7 Å². The number of hydrogen-bond donors (Lipinski definition) is 1. The Hall–Kier alpha value is -2.24. The van der Waals surface area contributed by atoms with E-state index in [1.165, 1.54) is 18.4 Å². The van der Waals surface area contributed by atoms with E-state index in [0.717, 1.165) is 30.2 Å². The van der Waals surface area contributed by atoms with Crippen molar-refractivity contribution in [3.63, 3.8) is 0 Å². The van der Waals surface area contributed by atoms with E-state index in [4.69, 9.17) is 9.47 Å². The fourth-order valence-electron chi connectivity index (χ4n) is 3.66. The van der Waals surface area contributed by atoms with Crippen molar-refractivity contribution < 1.29 is 18.7 Å². The molecule has 0 spiro atoms. The Kier molecular flexibility index (Phi) is 4.86. The zero-order valence-electron chi connectivity index (χ0n) is 16.1. The molecule has 2 aromatic rings. The molecular formula is C20H27FN2O3. The summed E-state index contributed by atoms with van der Waals surface area (Å²) in [5, 5.41) is 3.83. The highest BCUT2D eigenvalue weighted by molar-refractivity contribution is 5.87. The molecule has 142 valence electrons. The monoisotopic (exact) mass is 362 g/mol. The first-order valence-electron chi connectivity index (χ1n) is 9.06. The zero-order chi connectivity index (χ0) is 19.1. The molecule has 1 aliphatic rings. The van der Waals surface area contributed by atoms with E-state index in [9.17, 15) is 9.18 Å². The van der Waals surface area contributed by atoms with Crippen molar-refractivity contribution in [1.82, 2.24) is 9.88 Å². The van der Waals surface area contributed by atoms with Gasteiger partial charge in [0.25, 0.3) is 0 Å². The normalized spacial score (nSPS) is 15.0. The first kappa shape index (κ1) is 18.5. The van der Waals surface area contributed by atoms with E-state index in [-0.39, 0.29) is 17.6 Å². The minimum atomic E-state index is -0.532. The average molecular weight is 362 g/mol. The summed E-state index contributed by atoms with van der Waals surface area (Å²) in [7, 11) is 1.47. The number of alkyl carbamates (subject to hydrolysis) is 1. The summed E-state index contributed by atoms with van der Waals surface area (Å²) in [6.45, 7) is 8.05. The van der Waals surface area contributed by atoms with Gasteiger partial charge in [0.2, 0.25) is 0 Å². The molecule has 0 aliphatic heterocycles. The van der Waals surface area contributed by atoms with Crippen LogP contribution in [0, 0.1) is 5.82 Å². The Balaban J connectivity index is 1.89. The predicted octanol–water partition coefficient (Wildman–Crippen LogP) is 4.19. The maximum absolute atomic E-state index is 14.2. The van der Waals surface area contributed by atoms with Crippen LogP contribution in [0.3, 0.4) is 0 Å². The molecule has 0 radical (unpaired) electrons. The van der Waals surface area contributed by atoms with Crippen LogP contribution in [0.25, 0.3) is 10.9 Å². The topological polar surface area (TPSA) is 52.5 Å². The zero-order valence-corrected chi connectivity index (χ0v) is 16.1. The van der Waals surface area contributed by atoms with E-state index in [1.54, 1.807) is 12.1 Å². The molecule has 1 aliphatic carbocycles. The van der Waals surface area contributed by atoms with E-state index in [0.29, 0.717) is 6.54 Å². The molecule has 1 aromatic carbocycles. The lowest BCUT2D eigenvalue weighted by molar-refractivity contribution is 0.0504. The highest BCUT2D eigenvalue weighted by atomic mass is 19.1. The van der Waals surface area contributed by atoms with Gasteiger partial charge in [-0.3, -0.25) is 0 Å². The van der Waals surface area contributed by atoms with Gasteiger partial charge in [-0.1, -0.05) is 0 Å². The minimum Gasteiger partial charge on any atom is -0.494 e. The third kappa shape index (κ3) is 3.64. The highest BCUT2D eigenvalue weighted by Crippen LogP contribution is 2.36. The van der Waals surface area contributed by atoms with Gasteiger partial charge in [-0.15, -0.1) is 0 Å². The predicted molar refractivity (Wildman–Crippen MR) is 99.3 cm³/mol. The first-order valence-corrected chi connectivity index (χ1v) is 9.06. The van der Waals surface area contributed by atoms with Crippen LogP contribution >= 0.6 is 0 Å². The summed E-state index contributed by atoms with van der Waals surface area (Å²) in [6, 6.07) is 3.20. The Morgan fingerprint density at radius 1 is 1.35 bits per heavy atom. The van der Waals surface area contributed by atoms with Crippen molar-refractivity contribution in [1.29, 1.82) is 0 Å². The van der Waals surface area contributed by atoms with Crippen LogP contribution in [0.4, 0.5) is 9.18 Å². The number of carbonyl (C=O) groups is 1. The first-order chi connectivity index (χ1) is 12.2. The Morgan fingerprint density at radius 2 is 2.08 bits per heavy atom. The number of methoxy groups -OCH3 is 1. The highest BCUT2D eigenvalue weighted by Gasteiger charge is 2.25. The largest absolute Gasteiger partial charge is 0.494 e. The Labute approximate surface area is 153 Å². The second kappa shape index (κ2) is 6.82. The molecule has 1 N–H and O–H groups in total. The summed E-state index contributed by atoms with van der Waals surface area (Å²) in [5.74, 6) is -0.102. The van der Waals surface area contributed by atoms with Crippen molar-refractivity contribution in [3.05, 3.63) is 29.2 Å². The Morgan fingerprint density at radius 3 is 2.73 bits per heavy atom.